The van der Waals surface area contributed by atoms with E-state index in [-0.39, 0.29) is 10.8 Å². The first-order valence-corrected chi connectivity index (χ1v) is 10.3. The molecule has 0 spiro atoms. The van der Waals surface area contributed by atoms with Crippen LogP contribution in [0.5, 0.6) is 0 Å². The molecule has 1 N–H and O–H groups in total. The van der Waals surface area contributed by atoms with Crippen molar-refractivity contribution in [1.82, 2.24) is 4.90 Å². The molecule has 0 bridgehead atoms. The molecule has 3 aromatic rings. The Morgan fingerprint density at radius 2 is 1.61 bits per heavy atom. The number of benzene rings is 3. The van der Waals surface area contributed by atoms with Gasteiger partial charge in [-0.25, -0.2) is 8.42 Å². The van der Waals surface area contributed by atoms with Gasteiger partial charge < -0.3 is 4.90 Å². The van der Waals surface area contributed by atoms with E-state index in [0.717, 1.165) is 11.1 Å². The number of hydrogen-bond donors (Lipinski definition) is 1. The van der Waals surface area contributed by atoms with Crippen LogP contribution in [0.25, 0.3) is 0 Å². The number of rotatable bonds is 6. The van der Waals surface area contributed by atoms with Gasteiger partial charge in [0.15, 0.2) is 0 Å². The number of nitrogens with zero attached hydrogens (tertiary/aromatic N) is 1. The maximum absolute atomic E-state index is 12.8. The maximum atomic E-state index is 12.8. The molecule has 0 saturated carbocycles. The monoisotopic (exact) mass is 394 g/mol. The van der Waals surface area contributed by atoms with Crippen LogP contribution in [-0.4, -0.2) is 26.3 Å². The number of anilines is 1. The normalized spacial score (nSPS) is 11.1. The molecule has 0 radical (unpaired) electrons. The molecule has 1 amide bonds. The van der Waals surface area contributed by atoms with Crippen molar-refractivity contribution in [2.45, 2.75) is 18.4 Å². The van der Waals surface area contributed by atoms with E-state index in [0.29, 0.717) is 17.8 Å². The summed E-state index contributed by atoms with van der Waals surface area (Å²) in [6.07, 6.45) is 0. The zero-order valence-electron chi connectivity index (χ0n) is 15.8. The summed E-state index contributed by atoms with van der Waals surface area (Å²) in [5, 5.41) is 0. The summed E-state index contributed by atoms with van der Waals surface area (Å²) >= 11 is 0. The Hall–Kier alpha value is -3.12. The number of hydrogen-bond acceptors (Lipinski definition) is 3. The van der Waals surface area contributed by atoms with Gasteiger partial charge in [-0.2, -0.15) is 0 Å². The molecule has 3 rings (SSSR count). The van der Waals surface area contributed by atoms with Crippen molar-refractivity contribution >= 4 is 21.6 Å². The van der Waals surface area contributed by atoms with Crippen molar-refractivity contribution in [2.24, 2.45) is 0 Å². The highest BCUT2D eigenvalue weighted by atomic mass is 32.2. The molecule has 144 valence electrons. The molecular formula is C22H22N2O3S. The van der Waals surface area contributed by atoms with Gasteiger partial charge in [0.25, 0.3) is 15.9 Å². The van der Waals surface area contributed by atoms with Crippen LogP contribution < -0.4 is 4.72 Å². The minimum absolute atomic E-state index is 0.170. The smallest absolute Gasteiger partial charge is 0.261 e. The number of nitrogens with one attached hydrogen (secondary N) is 1. The Bertz CT molecular complexity index is 1080. The molecule has 6 heteroatoms. The van der Waals surface area contributed by atoms with E-state index in [1.807, 2.05) is 31.2 Å². The van der Waals surface area contributed by atoms with Gasteiger partial charge in [-0.1, -0.05) is 48.5 Å². The van der Waals surface area contributed by atoms with E-state index in [1.165, 1.54) is 12.1 Å². The number of sulfonamides is 1. The maximum Gasteiger partial charge on any atom is 0.261 e. The first kappa shape index (κ1) is 19.6. The van der Waals surface area contributed by atoms with Gasteiger partial charge in [0, 0.05) is 24.8 Å². The summed E-state index contributed by atoms with van der Waals surface area (Å²) in [4.78, 5) is 14.6. The molecule has 28 heavy (non-hydrogen) atoms. The Morgan fingerprint density at radius 1 is 0.929 bits per heavy atom. The highest BCUT2D eigenvalue weighted by molar-refractivity contribution is 7.92. The van der Waals surface area contributed by atoms with Crippen LogP contribution in [-0.2, 0) is 16.6 Å². The highest BCUT2D eigenvalue weighted by Crippen LogP contribution is 2.19. The Morgan fingerprint density at radius 3 is 2.32 bits per heavy atom. The topological polar surface area (TPSA) is 66.5 Å². The molecule has 0 fully saturated rings. The van der Waals surface area contributed by atoms with E-state index >= 15 is 0 Å². The zero-order chi connectivity index (χ0) is 20.1. The van der Waals surface area contributed by atoms with Crippen LogP contribution in [0.2, 0.25) is 0 Å². The van der Waals surface area contributed by atoms with Crippen molar-refractivity contribution in [3.63, 3.8) is 0 Å². The standard InChI is InChI=1S/C22H22N2O3S/c1-17-9-6-7-10-19(17)16-24(2)22(25)18-11-8-12-20(15-18)23-28(26,27)21-13-4-3-5-14-21/h3-15,23H,16H2,1-2H3. The molecule has 0 aliphatic rings. The fourth-order valence-corrected chi connectivity index (χ4v) is 3.94. The van der Waals surface area contributed by atoms with Crippen molar-refractivity contribution in [1.29, 1.82) is 0 Å². The summed E-state index contributed by atoms with van der Waals surface area (Å²) in [7, 11) is -1.97. The lowest BCUT2D eigenvalue weighted by Crippen LogP contribution is -2.26. The Kier molecular flexibility index (Phi) is 5.80. The van der Waals surface area contributed by atoms with Crippen LogP contribution >= 0.6 is 0 Å². The Balaban J connectivity index is 1.77. The van der Waals surface area contributed by atoms with E-state index in [1.54, 1.807) is 54.4 Å². The lowest BCUT2D eigenvalue weighted by Gasteiger charge is -2.19. The van der Waals surface area contributed by atoms with Crippen LogP contribution in [0.4, 0.5) is 5.69 Å². The number of carbonyl (C=O) groups excluding carboxylic acids is 1. The fraction of sp³-hybridized carbons (Fsp3) is 0.136. The molecule has 0 unspecified atom stereocenters. The van der Waals surface area contributed by atoms with Gasteiger partial charge in [-0.3, -0.25) is 9.52 Å². The molecule has 0 aliphatic carbocycles. The Labute approximate surface area is 165 Å². The van der Waals surface area contributed by atoms with Crippen molar-refractivity contribution < 1.29 is 13.2 Å². The van der Waals surface area contributed by atoms with E-state index in [9.17, 15) is 13.2 Å². The van der Waals surface area contributed by atoms with Crippen molar-refractivity contribution in [2.75, 3.05) is 11.8 Å². The third kappa shape index (κ3) is 4.58. The molecule has 5 nitrogen and oxygen atoms in total. The van der Waals surface area contributed by atoms with E-state index in [4.69, 9.17) is 0 Å². The predicted molar refractivity (Wildman–Crippen MR) is 111 cm³/mol. The molecule has 0 saturated heterocycles. The molecule has 0 heterocycles. The first-order chi connectivity index (χ1) is 13.4. The highest BCUT2D eigenvalue weighted by Gasteiger charge is 2.16. The first-order valence-electron chi connectivity index (χ1n) is 8.85. The van der Waals surface area contributed by atoms with Gasteiger partial charge in [0.05, 0.1) is 4.90 Å². The molecule has 0 aliphatic heterocycles. The third-order valence-corrected chi connectivity index (χ3v) is 5.83. The lowest BCUT2D eigenvalue weighted by atomic mass is 10.1. The minimum Gasteiger partial charge on any atom is -0.337 e. The van der Waals surface area contributed by atoms with Crippen LogP contribution in [0.1, 0.15) is 21.5 Å². The van der Waals surface area contributed by atoms with Crippen LogP contribution in [0.3, 0.4) is 0 Å². The fourth-order valence-electron chi connectivity index (χ4n) is 2.86. The van der Waals surface area contributed by atoms with Crippen molar-refractivity contribution in [3.05, 3.63) is 95.6 Å². The molecule has 0 aromatic heterocycles. The van der Waals surface area contributed by atoms with E-state index in [2.05, 4.69) is 4.72 Å². The predicted octanol–water partition coefficient (Wildman–Crippen LogP) is 4.07. The largest absolute Gasteiger partial charge is 0.337 e. The van der Waals surface area contributed by atoms with Crippen LogP contribution in [0, 0.1) is 6.92 Å². The van der Waals surface area contributed by atoms with Gasteiger partial charge in [0.2, 0.25) is 0 Å². The van der Waals surface area contributed by atoms with Gasteiger partial charge in [0.1, 0.15) is 0 Å². The van der Waals surface area contributed by atoms with Gasteiger partial charge >= 0.3 is 0 Å². The summed E-state index contributed by atoms with van der Waals surface area (Å²) < 4.78 is 27.5. The summed E-state index contributed by atoms with van der Waals surface area (Å²) in [6, 6.07) is 22.5. The van der Waals surface area contributed by atoms with E-state index < -0.39 is 10.0 Å². The summed E-state index contributed by atoms with van der Waals surface area (Å²) in [6.45, 7) is 2.48. The third-order valence-electron chi connectivity index (χ3n) is 4.43. The molecule has 0 atom stereocenters. The number of amides is 1. The number of carbonyl (C=O) groups is 1. The number of aryl methyl sites for hydroxylation is 1. The quantitative estimate of drug-likeness (QED) is 0.685. The minimum atomic E-state index is -3.71. The lowest BCUT2D eigenvalue weighted by molar-refractivity contribution is 0.0785. The van der Waals surface area contributed by atoms with Gasteiger partial charge in [-0.15, -0.1) is 0 Å². The second kappa shape index (κ2) is 8.27. The van der Waals surface area contributed by atoms with Crippen molar-refractivity contribution in [3.8, 4) is 0 Å². The molecule has 3 aromatic carbocycles. The average Bonchev–Trinajstić information content (AvgIpc) is 2.69. The zero-order valence-corrected chi connectivity index (χ0v) is 16.6. The molecular weight excluding hydrogens is 372 g/mol. The van der Waals surface area contributed by atoms with Gasteiger partial charge in [-0.05, 0) is 48.4 Å². The SMILES string of the molecule is Cc1ccccc1CN(C)C(=O)c1cccc(NS(=O)(=O)c2ccccc2)c1. The average molecular weight is 394 g/mol. The summed E-state index contributed by atoms with van der Waals surface area (Å²) in [5.41, 5.74) is 2.95. The van der Waals surface area contributed by atoms with Crippen LogP contribution in [0.15, 0.2) is 83.8 Å². The second-order valence-corrected chi connectivity index (χ2v) is 8.27. The second-order valence-electron chi connectivity index (χ2n) is 6.59. The summed E-state index contributed by atoms with van der Waals surface area (Å²) in [5.74, 6) is -0.177.